The minimum atomic E-state index is 0.220. The summed E-state index contributed by atoms with van der Waals surface area (Å²) in [5.41, 5.74) is 2.82. The Morgan fingerprint density at radius 3 is 2.79 bits per heavy atom. The molecule has 1 aromatic carbocycles. The molecule has 1 fully saturated rings. The molecule has 2 rings (SSSR count). The van der Waals surface area contributed by atoms with Crippen LogP contribution in [-0.2, 0) is 4.79 Å². The fourth-order valence-electron chi connectivity index (χ4n) is 1.88. The van der Waals surface area contributed by atoms with Crippen LogP contribution in [0.4, 0.5) is 5.69 Å². The second kappa shape index (κ2) is 3.48. The Hall–Kier alpha value is -1.25. The Kier molecular flexibility index (Phi) is 2.32. The summed E-state index contributed by atoms with van der Waals surface area (Å²) in [4.78, 5) is 13.3. The predicted octanol–water partition coefficient (Wildman–Crippen LogP) is 0.916. The van der Waals surface area contributed by atoms with Gasteiger partial charge in [0.1, 0.15) is 7.85 Å². The number of nitrogens with zero attached hydrogens (tertiary/aromatic N) is 1. The first-order chi connectivity index (χ1) is 6.68. The Bertz CT molecular complexity index is 376. The number of carbonyl (C=O) groups is 1. The standard InChI is InChI=1S/C11H12BNO/c1-8-7-9(12)4-5-10(8)13-6-2-3-11(13)14/h4-5,7H,2-3,6H2,1H3. The molecule has 1 aliphatic rings. The van der Waals surface area contributed by atoms with E-state index in [2.05, 4.69) is 0 Å². The zero-order valence-corrected chi connectivity index (χ0v) is 8.29. The van der Waals surface area contributed by atoms with Crippen LogP contribution in [0.3, 0.4) is 0 Å². The van der Waals surface area contributed by atoms with Crippen molar-refractivity contribution in [2.45, 2.75) is 19.8 Å². The molecule has 1 amide bonds. The molecule has 2 radical (unpaired) electrons. The molecule has 0 bridgehead atoms. The average Bonchev–Trinajstić information content (AvgIpc) is 2.52. The van der Waals surface area contributed by atoms with Gasteiger partial charge in [0, 0.05) is 18.7 Å². The third-order valence-corrected chi connectivity index (χ3v) is 2.59. The van der Waals surface area contributed by atoms with Crippen molar-refractivity contribution in [2.75, 3.05) is 11.4 Å². The number of anilines is 1. The highest BCUT2D eigenvalue weighted by Crippen LogP contribution is 2.23. The number of aryl methyl sites for hydroxylation is 1. The van der Waals surface area contributed by atoms with Crippen LogP contribution in [0.25, 0.3) is 0 Å². The van der Waals surface area contributed by atoms with Gasteiger partial charge in [0.2, 0.25) is 5.91 Å². The summed E-state index contributed by atoms with van der Waals surface area (Å²) in [6, 6.07) is 5.67. The maximum atomic E-state index is 11.5. The van der Waals surface area contributed by atoms with Crippen LogP contribution in [0, 0.1) is 6.92 Å². The molecule has 0 saturated carbocycles. The minimum Gasteiger partial charge on any atom is -0.312 e. The largest absolute Gasteiger partial charge is 0.312 e. The molecule has 0 N–H and O–H groups in total. The topological polar surface area (TPSA) is 20.3 Å². The maximum Gasteiger partial charge on any atom is 0.227 e. The first-order valence-electron chi connectivity index (χ1n) is 4.85. The van der Waals surface area contributed by atoms with Gasteiger partial charge in [-0.1, -0.05) is 17.6 Å². The van der Waals surface area contributed by atoms with E-state index in [4.69, 9.17) is 7.85 Å². The normalized spacial score (nSPS) is 16.4. The van der Waals surface area contributed by atoms with Crippen molar-refractivity contribution >= 4 is 24.9 Å². The molecule has 0 spiro atoms. The van der Waals surface area contributed by atoms with E-state index in [1.54, 1.807) is 0 Å². The van der Waals surface area contributed by atoms with E-state index in [1.807, 2.05) is 30.0 Å². The van der Waals surface area contributed by atoms with Gasteiger partial charge in [0.25, 0.3) is 0 Å². The van der Waals surface area contributed by atoms with Crippen molar-refractivity contribution in [2.24, 2.45) is 0 Å². The van der Waals surface area contributed by atoms with Gasteiger partial charge in [0.15, 0.2) is 0 Å². The maximum absolute atomic E-state index is 11.5. The van der Waals surface area contributed by atoms with E-state index in [0.29, 0.717) is 6.42 Å². The first-order valence-corrected chi connectivity index (χ1v) is 4.85. The lowest BCUT2D eigenvalue weighted by Crippen LogP contribution is -2.25. The van der Waals surface area contributed by atoms with Crippen LogP contribution in [0.5, 0.6) is 0 Å². The highest BCUT2D eigenvalue weighted by molar-refractivity contribution is 6.32. The van der Waals surface area contributed by atoms with E-state index >= 15 is 0 Å². The minimum absolute atomic E-state index is 0.220. The second-order valence-electron chi connectivity index (χ2n) is 3.69. The third-order valence-electron chi connectivity index (χ3n) is 2.59. The molecule has 0 aliphatic carbocycles. The zero-order valence-electron chi connectivity index (χ0n) is 8.29. The number of carbonyl (C=O) groups excluding carboxylic acids is 1. The SMILES string of the molecule is [B]c1ccc(N2CCCC2=O)c(C)c1. The van der Waals surface area contributed by atoms with Crippen LogP contribution >= 0.6 is 0 Å². The van der Waals surface area contributed by atoms with Gasteiger partial charge in [-0.15, -0.1) is 0 Å². The van der Waals surface area contributed by atoms with Crippen LogP contribution in [0.2, 0.25) is 0 Å². The molecule has 70 valence electrons. The smallest absolute Gasteiger partial charge is 0.227 e. The van der Waals surface area contributed by atoms with Gasteiger partial charge in [-0.05, 0) is 25.0 Å². The van der Waals surface area contributed by atoms with Crippen molar-refractivity contribution < 1.29 is 4.79 Å². The average molecular weight is 185 g/mol. The third kappa shape index (κ3) is 1.54. The van der Waals surface area contributed by atoms with Crippen LogP contribution in [0.15, 0.2) is 18.2 Å². The first kappa shape index (κ1) is 9.32. The van der Waals surface area contributed by atoms with Crippen LogP contribution in [-0.4, -0.2) is 20.3 Å². The highest BCUT2D eigenvalue weighted by Gasteiger charge is 2.22. The Labute approximate surface area is 85.3 Å². The van der Waals surface area contributed by atoms with Crippen molar-refractivity contribution in [1.82, 2.24) is 0 Å². The summed E-state index contributed by atoms with van der Waals surface area (Å²) in [5.74, 6) is 0.220. The molecule has 2 nitrogen and oxygen atoms in total. The summed E-state index contributed by atoms with van der Waals surface area (Å²) >= 11 is 0. The molecule has 1 saturated heterocycles. The molecule has 0 aromatic heterocycles. The van der Waals surface area contributed by atoms with E-state index in [9.17, 15) is 4.79 Å². The zero-order chi connectivity index (χ0) is 10.1. The summed E-state index contributed by atoms with van der Waals surface area (Å²) in [6.45, 7) is 2.82. The van der Waals surface area contributed by atoms with E-state index in [0.717, 1.165) is 29.7 Å². The number of benzene rings is 1. The van der Waals surface area contributed by atoms with Crippen LogP contribution < -0.4 is 10.4 Å². The highest BCUT2D eigenvalue weighted by atomic mass is 16.2. The molecule has 1 aliphatic heterocycles. The lowest BCUT2D eigenvalue weighted by atomic mass is 9.94. The number of amides is 1. The Morgan fingerprint density at radius 2 is 2.21 bits per heavy atom. The van der Waals surface area contributed by atoms with Crippen molar-refractivity contribution in [3.63, 3.8) is 0 Å². The van der Waals surface area contributed by atoms with Crippen molar-refractivity contribution in [3.05, 3.63) is 23.8 Å². The molecule has 3 heteroatoms. The molecule has 0 atom stereocenters. The molecule has 1 heterocycles. The summed E-state index contributed by atoms with van der Waals surface area (Å²) in [5, 5.41) is 0. The van der Waals surface area contributed by atoms with Gasteiger partial charge in [-0.25, -0.2) is 0 Å². The Balaban J connectivity index is 2.36. The molecular weight excluding hydrogens is 173 g/mol. The quantitative estimate of drug-likeness (QED) is 0.595. The van der Waals surface area contributed by atoms with Crippen LogP contribution in [0.1, 0.15) is 18.4 Å². The van der Waals surface area contributed by atoms with Gasteiger partial charge in [-0.2, -0.15) is 0 Å². The molecule has 14 heavy (non-hydrogen) atoms. The Morgan fingerprint density at radius 1 is 1.43 bits per heavy atom. The summed E-state index contributed by atoms with van der Waals surface area (Å²) in [7, 11) is 5.66. The van der Waals surface area contributed by atoms with Gasteiger partial charge < -0.3 is 4.90 Å². The van der Waals surface area contributed by atoms with E-state index in [1.165, 1.54) is 0 Å². The number of rotatable bonds is 1. The number of hydrogen-bond donors (Lipinski definition) is 0. The number of hydrogen-bond acceptors (Lipinski definition) is 1. The van der Waals surface area contributed by atoms with Gasteiger partial charge >= 0.3 is 0 Å². The van der Waals surface area contributed by atoms with Gasteiger partial charge in [0.05, 0.1) is 0 Å². The molecular formula is C11H12BNO. The van der Waals surface area contributed by atoms with E-state index < -0.39 is 0 Å². The van der Waals surface area contributed by atoms with Crippen molar-refractivity contribution in [3.8, 4) is 0 Å². The van der Waals surface area contributed by atoms with E-state index in [-0.39, 0.29) is 5.91 Å². The summed E-state index contributed by atoms with van der Waals surface area (Å²) < 4.78 is 0. The van der Waals surface area contributed by atoms with Crippen molar-refractivity contribution in [1.29, 1.82) is 0 Å². The monoisotopic (exact) mass is 185 g/mol. The van der Waals surface area contributed by atoms with Gasteiger partial charge in [-0.3, -0.25) is 4.79 Å². The second-order valence-corrected chi connectivity index (χ2v) is 3.69. The fourth-order valence-corrected chi connectivity index (χ4v) is 1.88. The predicted molar refractivity (Wildman–Crippen MR) is 58.2 cm³/mol. The molecule has 0 unspecified atom stereocenters. The fraction of sp³-hybridized carbons (Fsp3) is 0.364. The summed E-state index contributed by atoms with van der Waals surface area (Å²) in [6.07, 6.45) is 1.63. The molecule has 1 aromatic rings. The lowest BCUT2D eigenvalue weighted by molar-refractivity contribution is -0.117. The lowest BCUT2D eigenvalue weighted by Gasteiger charge is -2.18.